The number of imidazole rings is 1. The molecular formula is C19H19ClN4O. The molecule has 1 aliphatic heterocycles. The van der Waals surface area contributed by atoms with Crippen LogP contribution in [0.25, 0.3) is 5.65 Å². The van der Waals surface area contributed by atoms with Gasteiger partial charge in [-0.1, -0.05) is 11.6 Å². The molecule has 25 heavy (non-hydrogen) atoms. The van der Waals surface area contributed by atoms with Crippen LogP contribution < -0.4 is 10.2 Å². The third-order valence-electron chi connectivity index (χ3n) is 4.43. The van der Waals surface area contributed by atoms with Gasteiger partial charge in [0.05, 0.1) is 17.1 Å². The lowest BCUT2D eigenvalue weighted by Crippen LogP contribution is -2.18. The van der Waals surface area contributed by atoms with E-state index < -0.39 is 0 Å². The molecule has 1 fully saturated rings. The fraction of sp³-hybridized carbons (Fsp3) is 0.263. The number of carbonyl (C=O) groups is 1. The highest BCUT2D eigenvalue weighted by atomic mass is 35.5. The van der Waals surface area contributed by atoms with Gasteiger partial charge in [0.25, 0.3) is 0 Å². The van der Waals surface area contributed by atoms with Crippen molar-refractivity contribution in [3.05, 3.63) is 59.5 Å². The summed E-state index contributed by atoms with van der Waals surface area (Å²) in [6.07, 6.45) is 6.35. The van der Waals surface area contributed by atoms with Gasteiger partial charge < -0.3 is 14.6 Å². The molecule has 1 amide bonds. The zero-order chi connectivity index (χ0) is 17.2. The Kier molecular flexibility index (Phi) is 4.32. The maximum Gasteiger partial charge on any atom is 0.230 e. The highest BCUT2D eigenvalue weighted by Crippen LogP contribution is 2.22. The SMILES string of the molecule is O=C(Cc1cn2cc(Cl)ccc2n1)Nc1ccc(N2CCCC2)cc1. The van der Waals surface area contributed by atoms with Crippen LogP contribution in [0.4, 0.5) is 11.4 Å². The summed E-state index contributed by atoms with van der Waals surface area (Å²) in [5.74, 6) is -0.0802. The number of benzene rings is 1. The second-order valence-electron chi connectivity index (χ2n) is 6.31. The number of anilines is 2. The largest absolute Gasteiger partial charge is 0.372 e. The first kappa shape index (κ1) is 16.0. The Hall–Kier alpha value is -2.53. The average Bonchev–Trinajstić information content (AvgIpc) is 3.24. The molecule has 5 nitrogen and oxygen atoms in total. The van der Waals surface area contributed by atoms with E-state index in [-0.39, 0.29) is 12.3 Å². The molecule has 0 radical (unpaired) electrons. The first-order valence-electron chi connectivity index (χ1n) is 8.45. The first-order chi connectivity index (χ1) is 12.2. The molecule has 2 aromatic heterocycles. The van der Waals surface area contributed by atoms with E-state index in [9.17, 15) is 4.79 Å². The van der Waals surface area contributed by atoms with E-state index in [1.54, 1.807) is 12.3 Å². The fourth-order valence-corrected chi connectivity index (χ4v) is 3.37. The van der Waals surface area contributed by atoms with Gasteiger partial charge in [-0.05, 0) is 49.2 Å². The summed E-state index contributed by atoms with van der Waals surface area (Å²) in [6.45, 7) is 2.23. The summed E-state index contributed by atoms with van der Waals surface area (Å²) in [5.41, 5.74) is 3.52. The van der Waals surface area contributed by atoms with E-state index in [0.717, 1.165) is 24.4 Å². The van der Waals surface area contributed by atoms with Crippen molar-refractivity contribution >= 4 is 34.5 Å². The number of nitrogens with one attached hydrogen (secondary N) is 1. The van der Waals surface area contributed by atoms with Crippen LogP contribution in [-0.2, 0) is 11.2 Å². The maximum absolute atomic E-state index is 12.3. The van der Waals surface area contributed by atoms with Crippen molar-refractivity contribution in [3.63, 3.8) is 0 Å². The van der Waals surface area contributed by atoms with Crippen molar-refractivity contribution in [1.82, 2.24) is 9.38 Å². The minimum atomic E-state index is -0.0802. The van der Waals surface area contributed by atoms with Crippen molar-refractivity contribution in [1.29, 1.82) is 0 Å². The molecule has 3 aromatic rings. The summed E-state index contributed by atoms with van der Waals surface area (Å²) >= 11 is 5.97. The van der Waals surface area contributed by atoms with E-state index in [1.807, 2.05) is 28.8 Å². The number of aromatic nitrogens is 2. The van der Waals surface area contributed by atoms with E-state index in [4.69, 9.17) is 11.6 Å². The minimum absolute atomic E-state index is 0.0802. The highest BCUT2D eigenvalue weighted by Gasteiger charge is 2.12. The summed E-state index contributed by atoms with van der Waals surface area (Å²) in [6, 6.07) is 11.7. The van der Waals surface area contributed by atoms with Crippen LogP contribution in [-0.4, -0.2) is 28.4 Å². The predicted molar refractivity (Wildman–Crippen MR) is 100 cm³/mol. The van der Waals surface area contributed by atoms with Crippen molar-refractivity contribution in [2.75, 3.05) is 23.3 Å². The number of hydrogen-bond donors (Lipinski definition) is 1. The van der Waals surface area contributed by atoms with Gasteiger partial charge in [-0.3, -0.25) is 4.79 Å². The Morgan fingerprint density at radius 3 is 2.60 bits per heavy atom. The minimum Gasteiger partial charge on any atom is -0.372 e. The molecule has 0 spiro atoms. The number of hydrogen-bond acceptors (Lipinski definition) is 3. The molecule has 1 saturated heterocycles. The van der Waals surface area contributed by atoms with Gasteiger partial charge in [0.2, 0.25) is 5.91 Å². The number of pyridine rings is 1. The lowest BCUT2D eigenvalue weighted by Gasteiger charge is -2.17. The van der Waals surface area contributed by atoms with Crippen LogP contribution in [0.2, 0.25) is 5.02 Å². The zero-order valence-corrected chi connectivity index (χ0v) is 14.5. The van der Waals surface area contributed by atoms with Crippen molar-refractivity contribution in [2.24, 2.45) is 0 Å². The monoisotopic (exact) mass is 354 g/mol. The van der Waals surface area contributed by atoms with Crippen LogP contribution in [0.1, 0.15) is 18.5 Å². The van der Waals surface area contributed by atoms with E-state index in [0.29, 0.717) is 10.7 Å². The Morgan fingerprint density at radius 1 is 1.08 bits per heavy atom. The summed E-state index contributed by atoms with van der Waals surface area (Å²) in [7, 11) is 0. The Morgan fingerprint density at radius 2 is 1.84 bits per heavy atom. The molecule has 1 aromatic carbocycles. The quantitative estimate of drug-likeness (QED) is 0.776. The molecule has 0 atom stereocenters. The third kappa shape index (κ3) is 3.61. The second-order valence-corrected chi connectivity index (χ2v) is 6.75. The predicted octanol–water partition coefficient (Wildman–Crippen LogP) is 3.77. The first-order valence-corrected chi connectivity index (χ1v) is 8.83. The normalized spacial score (nSPS) is 14.2. The van der Waals surface area contributed by atoms with Gasteiger partial charge in [0.15, 0.2) is 0 Å². The van der Waals surface area contributed by atoms with Crippen LogP contribution in [0.3, 0.4) is 0 Å². The number of fused-ring (bicyclic) bond motifs is 1. The maximum atomic E-state index is 12.3. The molecule has 0 unspecified atom stereocenters. The smallest absolute Gasteiger partial charge is 0.230 e. The van der Waals surface area contributed by atoms with Gasteiger partial charge in [-0.2, -0.15) is 0 Å². The summed E-state index contributed by atoms with van der Waals surface area (Å²) in [4.78, 5) is 19.1. The molecular weight excluding hydrogens is 336 g/mol. The number of nitrogens with zero attached hydrogens (tertiary/aromatic N) is 3. The highest BCUT2D eigenvalue weighted by molar-refractivity contribution is 6.30. The van der Waals surface area contributed by atoms with Crippen LogP contribution in [0.5, 0.6) is 0 Å². The van der Waals surface area contributed by atoms with E-state index in [1.165, 1.54) is 18.5 Å². The third-order valence-corrected chi connectivity index (χ3v) is 4.65. The Balaban J connectivity index is 1.40. The number of carbonyl (C=O) groups excluding carboxylic acids is 1. The lowest BCUT2D eigenvalue weighted by molar-refractivity contribution is -0.115. The van der Waals surface area contributed by atoms with E-state index in [2.05, 4.69) is 27.3 Å². The molecule has 1 aliphatic rings. The summed E-state index contributed by atoms with van der Waals surface area (Å²) < 4.78 is 1.83. The molecule has 4 rings (SSSR count). The average molecular weight is 355 g/mol. The molecule has 6 heteroatoms. The number of halogens is 1. The molecule has 1 N–H and O–H groups in total. The Labute approximate surface area is 151 Å². The van der Waals surface area contributed by atoms with Crippen molar-refractivity contribution < 1.29 is 4.79 Å². The van der Waals surface area contributed by atoms with Crippen LogP contribution in [0.15, 0.2) is 48.8 Å². The molecule has 0 bridgehead atoms. The molecule has 128 valence electrons. The zero-order valence-electron chi connectivity index (χ0n) is 13.8. The molecule has 0 saturated carbocycles. The van der Waals surface area contributed by atoms with Crippen LogP contribution >= 0.6 is 11.6 Å². The molecule has 0 aliphatic carbocycles. The van der Waals surface area contributed by atoms with Gasteiger partial charge in [0, 0.05) is 36.9 Å². The van der Waals surface area contributed by atoms with Crippen molar-refractivity contribution in [2.45, 2.75) is 19.3 Å². The van der Waals surface area contributed by atoms with Gasteiger partial charge in [-0.25, -0.2) is 4.98 Å². The van der Waals surface area contributed by atoms with Gasteiger partial charge >= 0.3 is 0 Å². The fourth-order valence-electron chi connectivity index (χ4n) is 3.20. The number of rotatable bonds is 4. The van der Waals surface area contributed by atoms with E-state index >= 15 is 0 Å². The second kappa shape index (κ2) is 6.76. The standard InChI is InChI=1S/C19H19ClN4O/c20-14-3-8-18-21-16(13-24(18)12-14)11-19(25)22-15-4-6-17(7-5-15)23-9-1-2-10-23/h3-8,12-13H,1-2,9-11H2,(H,22,25). The van der Waals surface area contributed by atoms with Crippen LogP contribution in [0, 0.1) is 0 Å². The molecule has 3 heterocycles. The van der Waals surface area contributed by atoms with Crippen molar-refractivity contribution in [3.8, 4) is 0 Å². The lowest BCUT2D eigenvalue weighted by atomic mass is 10.2. The number of amides is 1. The van der Waals surface area contributed by atoms with Gasteiger partial charge in [0.1, 0.15) is 5.65 Å². The van der Waals surface area contributed by atoms with Gasteiger partial charge in [-0.15, -0.1) is 0 Å². The topological polar surface area (TPSA) is 49.6 Å². The summed E-state index contributed by atoms with van der Waals surface area (Å²) in [5, 5.41) is 3.57. The Bertz CT molecular complexity index is 897.